The molecule has 0 spiro atoms. The Kier molecular flexibility index (Phi) is 4.78. The first-order chi connectivity index (χ1) is 9.45. The van der Waals surface area contributed by atoms with Gasteiger partial charge in [-0.3, -0.25) is 0 Å². The van der Waals surface area contributed by atoms with E-state index >= 15 is 0 Å². The third-order valence-electron chi connectivity index (χ3n) is 3.76. The van der Waals surface area contributed by atoms with Gasteiger partial charge in [-0.15, -0.1) is 0 Å². The summed E-state index contributed by atoms with van der Waals surface area (Å²) in [7, 11) is -1.72. The molecule has 1 N–H and O–H groups in total. The SMILES string of the molecule is CNC[C@H]1CCCN(S(=O)(=O)c2ccc(C)c(F)c2)C1. The average Bonchev–Trinajstić information content (AvgIpc) is 2.42. The second-order valence-corrected chi connectivity index (χ2v) is 7.28. The molecule has 20 heavy (non-hydrogen) atoms. The molecular weight excluding hydrogens is 279 g/mol. The monoisotopic (exact) mass is 300 g/mol. The van der Waals surface area contributed by atoms with Crippen molar-refractivity contribution in [2.45, 2.75) is 24.7 Å². The van der Waals surface area contributed by atoms with Crippen molar-refractivity contribution in [3.8, 4) is 0 Å². The number of aryl methyl sites for hydroxylation is 1. The van der Waals surface area contributed by atoms with E-state index in [1.54, 1.807) is 6.92 Å². The van der Waals surface area contributed by atoms with E-state index in [9.17, 15) is 12.8 Å². The third-order valence-corrected chi connectivity index (χ3v) is 5.62. The predicted molar refractivity (Wildman–Crippen MR) is 76.5 cm³/mol. The fraction of sp³-hybridized carbons (Fsp3) is 0.571. The Bertz CT molecular complexity index is 573. The minimum Gasteiger partial charge on any atom is -0.319 e. The van der Waals surface area contributed by atoms with Gasteiger partial charge in [0.2, 0.25) is 10.0 Å². The largest absolute Gasteiger partial charge is 0.319 e. The molecule has 0 saturated carbocycles. The van der Waals surface area contributed by atoms with Crippen LogP contribution in [0.2, 0.25) is 0 Å². The van der Waals surface area contributed by atoms with Crippen LogP contribution in [-0.4, -0.2) is 39.4 Å². The lowest BCUT2D eigenvalue weighted by Gasteiger charge is -2.31. The van der Waals surface area contributed by atoms with Crippen molar-refractivity contribution < 1.29 is 12.8 Å². The van der Waals surface area contributed by atoms with Crippen LogP contribution >= 0.6 is 0 Å². The lowest BCUT2D eigenvalue weighted by Crippen LogP contribution is -2.42. The van der Waals surface area contributed by atoms with Crippen molar-refractivity contribution >= 4 is 10.0 Å². The smallest absolute Gasteiger partial charge is 0.243 e. The molecule has 1 saturated heterocycles. The summed E-state index contributed by atoms with van der Waals surface area (Å²) in [5, 5.41) is 3.08. The molecule has 0 amide bonds. The standard InChI is InChI=1S/C14H21FN2O2S/c1-11-5-6-13(8-14(11)15)20(18,19)17-7-3-4-12(10-17)9-16-2/h5-6,8,12,16H,3-4,7,9-10H2,1-2H3/t12-/m1/s1. The highest BCUT2D eigenvalue weighted by atomic mass is 32.2. The number of nitrogens with zero attached hydrogens (tertiary/aromatic N) is 1. The number of halogens is 1. The molecule has 1 atom stereocenters. The fourth-order valence-electron chi connectivity index (χ4n) is 2.58. The summed E-state index contributed by atoms with van der Waals surface area (Å²) in [6.07, 6.45) is 1.87. The summed E-state index contributed by atoms with van der Waals surface area (Å²) in [5.74, 6) is -0.159. The number of rotatable bonds is 4. The summed E-state index contributed by atoms with van der Waals surface area (Å²) >= 11 is 0. The van der Waals surface area contributed by atoms with Gasteiger partial charge in [0.25, 0.3) is 0 Å². The highest BCUT2D eigenvalue weighted by molar-refractivity contribution is 7.89. The highest BCUT2D eigenvalue weighted by Gasteiger charge is 2.30. The molecule has 1 aromatic rings. The van der Waals surface area contributed by atoms with Crippen LogP contribution in [0.25, 0.3) is 0 Å². The first kappa shape index (κ1) is 15.4. The number of hydrogen-bond donors (Lipinski definition) is 1. The fourth-order valence-corrected chi connectivity index (χ4v) is 4.15. The van der Waals surface area contributed by atoms with E-state index in [2.05, 4.69) is 5.32 Å². The number of hydrogen-bond acceptors (Lipinski definition) is 3. The molecule has 1 aliphatic heterocycles. The Morgan fingerprint density at radius 3 is 2.85 bits per heavy atom. The third kappa shape index (κ3) is 3.19. The molecule has 6 heteroatoms. The molecule has 1 aromatic carbocycles. The molecule has 0 aromatic heterocycles. The maximum absolute atomic E-state index is 13.6. The summed E-state index contributed by atoms with van der Waals surface area (Å²) in [6.45, 7) is 3.43. The molecule has 1 fully saturated rings. The molecule has 2 rings (SSSR count). The van der Waals surface area contributed by atoms with Crippen LogP contribution in [0.5, 0.6) is 0 Å². The number of benzene rings is 1. The first-order valence-corrected chi connectivity index (χ1v) is 8.30. The predicted octanol–water partition coefficient (Wildman–Crippen LogP) is 1.75. The Morgan fingerprint density at radius 2 is 2.20 bits per heavy atom. The van der Waals surface area contributed by atoms with Gasteiger partial charge < -0.3 is 5.32 Å². The maximum Gasteiger partial charge on any atom is 0.243 e. The van der Waals surface area contributed by atoms with Gasteiger partial charge in [0.15, 0.2) is 0 Å². The lowest BCUT2D eigenvalue weighted by molar-refractivity contribution is 0.263. The molecule has 1 heterocycles. The number of nitrogens with one attached hydrogen (secondary N) is 1. The highest BCUT2D eigenvalue weighted by Crippen LogP contribution is 2.24. The van der Waals surface area contributed by atoms with Crippen LogP contribution in [-0.2, 0) is 10.0 Å². The Hall–Kier alpha value is -0.980. The van der Waals surface area contributed by atoms with Crippen LogP contribution < -0.4 is 5.32 Å². The second-order valence-electron chi connectivity index (χ2n) is 5.34. The zero-order chi connectivity index (χ0) is 14.8. The van der Waals surface area contributed by atoms with E-state index in [-0.39, 0.29) is 4.90 Å². The van der Waals surface area contributed by atoms with Crippen molar-refractivity contribution in [3.05, 3.63) is 29.6 Å². The Balaban J connectivity index is 2.23. The van der Waals surface area contributed by atoms with Crippen molar-refractivity contribution in [2.75, 3.05) is 26.7 Å². The van der Waals surface area contributed by atoms with Crippen molar-refractivity contribution in [3.63, 3.8) is 0 Å². The van der Waals surface area contributed by atoms with E-state index in [4.69, 9.17) is 0 Å². The molecule has 0 unspecified atom stereocenters. The van der Waals surface area contributed by atoms with Gasteiger partial charge in [-0.05, 0) is 57.0 Å². The molecule has 0 aliphatic carbocycles. The Morgan fingerprint density at radius 1 is 1.45 bits per heavy atom. The molecule has 0 radical (unpaired) electrons. The van der Waals surface area contributed by atoms with Crippen molar-refractivity contribution in [1.82, 2.24) is 9.62 Å². The van der Waals surface area contributed by atoms with Gasteiger partial charge in [0.05, 0.1) is 4.90 Å². The summed E-state index contributed by atoms with van der Waals surface area (Å²) < 4.78 is 40.1. The number of sulfonamides is 1. The van der Waals surface area contributed by atoms with Crippen LogP contribution in [0.4, 0.5) is 4.39 Å². The molecule has 4 nitrogen and oxygen atoms in total. The van der Waals surface area contributed by atoms with E-state index in [1.807, 2.05) is 7.05 Å². The normalized spacial score (nSPS) is 21.1. The van der Waals surface area contributed by atoms with Crippen molar-refractivity contribution in [2.24, 2.45) is 5.92 Å². The van der Waals surface area contributed by atoms with E-state index < -0.39 is 15.8 Å². The summed E-state index contributed by atoms with van der Waals surface area (Å²) in [5.41, 5.74) is 0.454. The van der Waals surface area contributed by atoms with E-state index in [0.29, 0.717) is 24.6 Å². The molecular formula is C14H21FN2O2S. The van der Waals surface area contributed by atoms with E-state index in [1.165, 1.54) is 16.4 Å². The van der Waals surface area contributed by atoms with Crippen LogP contribution in [0.3, 0.4) is 0 Å². The van der Waals surface area contributed by atoms with Gasteiger partial charge in [-0.25, -0.2) is 12.8 Å². The van der Waals surface area contributed by atoms with Gasteiger partial charge in [0, 0.05) is 13.1 Å². The minimum absolute atomic E-state index is 0.0470. The average molecular weight is 300 g/mol. The molecule has 1 aliphatic rings. The zero-order valence-corrected chi connectivity index (χ0v) is 12.7. The number of piperidine rings is 1. The van der Waals surface area contributed by atoms with Crippen molar-refractivity contribution in [1.29, 1.82) is 0 Å². The molecule has 0 bridgehead atoms. The molecule has 112 valence electrons. The second kappa shape index (κ2) is 6.20. The first-order valence-electron chi connectivity index (χ1n) is 6.86. The summed E-state index contributed by atoms with van der Waals surface area (Å²) in [4.78, 5) is 0.0470. The maximum atomic E-state index is 13.6. The van der Waals surface area contributed by atoms with Gasteiger partial charge in [-0.1, -0.05) is 6.07 Å². The quantitative estimate of drug-likeness (QED) is 0.922. The minimum atomic E-state index is -3.59. The Labute approximate surface area is 120 Å². The van der Waals surface area contributed by atoms with Gasteiger partial charge in [0.1, 0.15) is 5.82 Å². The van der Waals surface area contributed by atoms with Gasteiger partial charge in [-0.2, -0.15) is 4.31 Å². The van der Waals surface area contributed by atoms with Gasteiger partial charge >= 0.3 is 0 Å². The van der Waals surface area contributed by atoms with Crippen LogP contribution in [0, 0.1) is 18.7 Å². The van der Waals surface area contributed by atoms with Crippen LogP contribution in [0.15, 0.2) is 23.1 Å². The summed E-state index contributed by atoms with van der Waals surface area (Å²) in [6, 6.07) is 4.11. The topological polar surface area (TPSA) is 49.4 Å². The zero-order valence-electron chi connectivity index (χ0n) is 11.9. The van der Waals surface area contributed by atoms with E-state index in [0.717, 1.165) is 25.5 Å². The lowest BCUT2D eigenvalue weighted by atomic mass is 10.00. The van der Waals surface area contributed by atoms with Crippen LogP contribution in [0.1, 0.15) is 18.4 Å².